The predicted molar refractivity (Wildman–Crippen MR) is 155 cm³/mol. The summed E-state index contributed by atoms with van der Waals surface area (Å²) in [4.78, 5) is 5.08. The van der Waals surface area contributed by atoms with E-state index in [0.29, 0.717) is 5.36 Å². The van der Waals surface area contributed by atoms with Crippen molar-refractivity contribution in [3.8, 4) is 22.5 Å². The molecule has 2 aliphatic heterocycles. The molecule has 0 unspecified atom stereocenters. The molecule has 194 valence electrons. The fraction of sp³-hybridized carbons (Fsp3) is 0.424. The molecule has 0 aromatic heterocycles. The van der Waals surface area contributed by atoms with Crippen molar-refractivity contribution in [2.24, 2.45) is 0 Å². The standard InChI is InChI=1S/C33H41N3O/c1-3-5-20-36(21-6-4-2)28-15-17-30-32(23-28)37-31-22-27(34)14-16-29(31)33(30)26-12-10-25(11-13-26)24-35-18-8-7-9-19-35/h10-17,22-23,34H,3-9,18-21,24H2,1-2H3. The maximum Gasteiger partial charge on any atom is 0.137 e. The number of nitrogens with one attached hydrogen (secondary N) is 1. The minimum atomic E-state index is 0.474. The van der Waals surface area contributed by atoms with E-state index in [2.05, 4.69) is 66.1 Å². The topological polar surface area (TPSA) is 43.5 Å². The van der Waals surface area contributed by atoms with Gasteiger partial charge in [-0.2, -0.15) is 0 Å². The summed E-state index contributed by atoms with van der Waals surface area (Å²) in [6, 6.07) is 21.6. The highest BCUT2D eigenvalue weighted by atomic mass is 16.3. The number of unbranched alkanes of at least 4 members (excludes halogenated alkanes) is 2. The molecule has 0 atom stereocenters. The summed E-state index contributed by atoms with van der Waals surface area (Å²) in [5.74, 6) is 0.776. The van der Waals surface area contributed by atoms with Crippen molar-refractivity contribution in [3.05, 3.63) is 71.6 Å². The number of nitrogens with zero attached hydrogens (tertiary/aromatic N) is 2. The molecule has 5 rings (SSSR count). The van der Waals surface area contributed by atoms with Crippen molar-refractivity contribution in [3.63, 3.8) is 0 Å². The van der Waals surface area contributed by atoms with Gasteiger partial charge >= 0.3 is 0 Å². The first-order valence-corrected chi connectivity index (χ1v) is 14.3. The number of hydrogen-bond donors (Lipinski definition) is 1. The Bertz CT molecular complexity index is 1330. The minimum absolute atomic E-state index is 0.474. The zero-order valence-corrected chi connectivity index (χ0v) is 22.6. The summed E-state index contributed by atoms with van der Waals surface area (Å²) < 4.78 is 6.46. The van der Waals surface area contributed by atoms with Crippen LogP contribution in [0, 0.1) is 5.41 Å². The van der Waals surface area contributed by atoms with Gasteiger partial charge in [-0.15, -0.1) is 0 Å². The van der Waals surface area contributed by atoms with E-state index in [4.69, 9.17) is 9.83 Å². The summed E-state index contributed by atoms with van der Waals surface area (Å²) >= 11 is 0. The Morgan fingerprint density at radius 3 is 2.27 bits per heavy atom. The Balaban J connectivity index is 1.55. The molecular formula is C33H41N3O. The number of rotatable bonds is 10. The third-order valence-corrected chi connectivity index (χ3v) is 7.73. The molecule has 0 spiro atoms. The smallest absolute Gasteiger partial charge is 0.137 e. The molecule has 37 heavy (non-hydrogen) atoms. The second-order valence-electron chi connectivity index (χ2n) is 10.6. The van der Waals surface area contributed by atoms with Gasteiger partial charge < -0.3 is 14.7 Å². The summed E-state index contributed by atoms with van der Waals surface area (Å²) in [5, 5.41) is 9.80. The third-order valence-electron chi connectivity index (χ3n) is 7.73. The molecular weight excluding hydrogens is 454 g/mol. The van der Waals surface area contributed by atoms with Crippen LogP contribution in [-0.2, 0) is 6.54 Å². The Hall–Kier alpha value is -3.11. The summed E-state index contributed by atoms with van der Waals surface area (Å²) in [6.45, 7) is 10.1. The van der Waals surface area contributed by atoms with Crippen molar-refractivity contribution in [1.29, 1.82) is 5.41 Å². The van der Waals surface area contributed by atoms with Crippen LogP contribution in [0.2, 0.25) is 0 Å². The lowest BCUT2D eigenvalue weighted by molar-refractivity contribution is 0.221. The highest BCUT2D eigenvalue weighted by Crippen LogP contribution is 2.41. The Kier molecular flexibility index (Phi) is 8.25. The molecule has 0 bridgehead atoms. The lowest BCUT2D eigenvalue weighted by Gasteiger charge is -2.26. The van der Waals surface area contributed by atoms with E-state index in [1.807, 2.05) is 18.2 Å². The zero-order chi connectivity index (χ0) is 25.6. The third kappa shape index (κ3) is 5.91. The molecule has 4 nitrogen and oxygen atoms in total. The van der Waals surface area contributed by atoms with E-state index in [9.17, 15) is 0 Å². The quantitative estimate of drug-likeness (QED) is 0.226. The number of likely N-dealkylation sites (tertiary alicyclic amines) is 1. The van der Waals surface area contributed by atoms with Crippen LogP contribution < -0.4 is 10.3 Å². The van der Waals surface area contributed by atoms with Crippen molar-refractivity contribution >= 4 is 16.7 Å². The van der Waals surface area contributed by atoms with Gasteiger partial charge in [-0.1, -0.05) is 57.4 Å². The van der Waals surface area contributed by atoms with Crippen LogP contribution in [0.25, 0.3) is 33.4 Å². The van der Waals surface area contributed by atoms with Gasteiger partial charge in [0, 0.05) is 54.0 Å². The molecule has 2 aromatic rings. The van der Waals surface area contributed by atoms with Gasteiger partial charge in [-0.05, 0) is 74.2 Å². The molecule has 1 fully saturated rings. The molecule has 0 amide bonds. The van der Waals surface area contributed by atoms with Crippen LogP contribution in [0.5, 0.6) is 0 Å². The van der Waals surface area contributed by atoms with Crippen molar-refractivity contribution in [2.75, 3.05) is 31.1 Å². The Morgan fingerprint density at radius 1 is 0.838 bits per heavy atom. The summed E-state index contributed by atoms with van der Waals surface area (Å²) in [5.41, 5.74) is 6.95. The maximum absolute atomic E-state index is 8.20. The molecule has 2 aromatic carbocycles. The molecule has 0 radical (unpaired) electrons. The van der Waals surface area contributed by atoms with Crippen molar-refractivity contribution < 1.29 is 4.42 Å². The van der Waals surface area contributed by atoms with Crippen LogP contribution in [-0.4, -0.2) is 31.1 Å². The molecule has 3 aliphatic rings. The molecule has 0 saturated carbocycles. The normalized spacial score (nSPS) is 14.4. The van der Waals surface area contributed by atoms with Gasteiger partial charge in [0.25, 0.3) is 0 Å². The highest BCUT2D eigenvalue weighted by Gasteiger charge is 2.19. The molecule has 1 N–H and O–H groups in total. The largest absolute Gasteiger partial charge is 0.456 e. The van der Waals surface area contributed by atoms with Crippen molar-refractivity contribution in [2.45, 2.75) is 65.3 Å². The van der Waals surface area contributed by atoms with Crippen molar-refractivity contribution in [1.82, 2.24) is 4.90 Å². The van der Waals surface area contributed by atoms with Gasteiger partial charge in [0.2, 0.25) is 0 Å². The monoisotopic (exact) mass is 495 g/mol. The van der Waals surface area contributed by atoms with Crippen LogP contribution in [0.4, 0.5) is 5.69 Å². The summed E-state index contributed by atoms with van der Waals surface area (Å²) in [6.07, 6.45) is 8.76. The Morgan fingerprint density at radius 2 is 1.57 bits per heavy atom. The second-order valence-corrected chi connectivity index (χ2v) is 10.6. The number of hydrogen-bond acceptors (Lipinski definition) is 4. The SMILES string of the molecule is CCCCN(CCCC)c1ccc2c(-c3ccc(CN4CCCCC4)cc3)c3ccc(=N)cc-3oc2c1. The number of piperidine rings is 1. The Labute approximate surface area is 221 Å². The van der Waals surface area contributed by atoms with Gasteiger partial charge in [0.05, 0.1) is 5.36 Å². The molecule has 4 heteroatoms. The van der Waals surface area contributed by atoms with Crippen LogP contribution >= 0.6 is 0 Å². The predicted octanol–water partition coefficient (Wildman–Crippen LogP) is 8.08. The molecule has 1 saturated heterocycles. The number of anilines is 1. The average molecular weight is 496 g/mol. The van der Waals surface area contributed by atoms with E-state index < -0.39 is 0 Å². The van der Waals surface area contributed by atoms with Gasteiger partial charge in [-0.25, -0.2) is 0 Å². The fourth-order valence-corrected chi connectivity index (χ4v) is 5.61. The first-order chi connectivity index (χ1) is 18.2. The first kappa shape index (κ1) is 25.5. The average Bonchev–Trinajstić information content (AvgIpc) is 2.92. The van der Waals surface area contributed by atoms with Gasteiger partial charge in [0.1, 0.15) is 11.3 Å². The van der Waals surface area contributed by atoms with E-state index in [1.54, 1.807) is 0 Å². The van der Waals surface area contributed by atoms with Crippen LogP contribution in [0.15, 0.2) is 65.1 Å². The lowest BCUT2D eigenvalue weighted by Crippen LogP contribution is -2.28. The van der Waals surface area contributed by atoms with Gasteiger partial charge in [0.15, 0.2) is 0 Å². The van der Waals surface area contributed by atoms with E-state index in [0.717, 1.165) is 41.9 Å². The number of benzene rings is 3. The van der Waals surface area contributed by atoms with E-state index in [1.165, 1.54) is 80.4 Å². The first-order valence-electron chi connectivity index (χ1n) is 14.3. The second kappa shape index (κ2) is 12.0. The fourth-order valence-electron chi connectivity index (χ4n) is 5.61. The van der Waals surface area contributed by atoms with E-state index in [-0.39, 0.29) is 0 Å². The number of fused-ring (bicyclic) bond motifs is 2. The van der Waals surface area contributed by atoms with Gasteiger partial charge in [-0.3, -0.25) is 4.90 Å². The lowest BCUT2D eigenvalue weighted by atomic mass is 9.93. The molecule has 2 heterocycles. The summed E-state index contributed by atoms with van der Waals surface area (Å²) in [7, 11) is 0. The van der Waals surface area contributed by atoms with E-state index >= 15 is 0 Å². The van der Waals surface area contributed by atoms with Crippen LogP contribution in [0.3, 0.4) is 0 Å². The molecule has 1 aliphatic carbocycles. The highest BCUT2D eigenvalue weighted by molar-refractivity contribution is 6.02. The minimum Gasteiger partial charge on any atom is -0.456 e. The maximum atomic E-state index is 8.20. The zero-order valence-electron chi connectivity index (χ0n) is 22.6. The van der Waals surface area contributed by atoms with Crippen LogP contribution in [0.1, 0.15) is 64.4 Å².